The topological polar surface area (TPSA) is 0 Å². The summed E-state index contributed by atoms with van der Waals surface area (Å²) in [7, 11) is -0.0456. The maximum atomic E-state index is 2.51. The minimum atomic E-state index is -0.0456. The summed E-state index contributed by atoms with van der Waals surface area (Å²) in [5, 5.41) is 4.89. The lowest BCUT2D eigenvalue weighted by molar-refractivity contribution is 0.651. The average Bonchev–Trinajstić information content (AvgIpc) is 3.08. The Labute approximate surface area is 105 Å². The van der Waals surface area contributed by atoms with Crippen LogP contribution in [0.15, 0.2) is 53.1 Å². The van der Waals surface area contributed by atoms with Crippen molar-refractivity contribution in [2.75, 3.05) is 0 Å². The minimum Gasteiger partial charge on any atom is -0.0755 e. The first kappa shape index (κ1) is 11.2. The number of hydrogen-bond acceptors (Lipinski definition) is 0. The van der Waals surface area contributed by atoms with Gasteiger partial charge < -0.3 is 0 Å². The van der Waals surface area contributed by atoms with Gasteiger partial charge in [-0.05, 0) is 49.5 Å². The third-order valence-electron chi connectivity index (χ3n) is 3.54. The van der Waals surface area contributed by atoms with Gasteiger partial charge in [0.05, 0.1) is 0 Å². The van der Waals surface area contributed by atoms with Crippen LogP contribution in [0.25, 0.3) is 0 Å². The van der Waals surface area contributed by atoms with E-state index in [1.54, 1.807) is 15.9 Å². The molecule has 0 spiro atoms. The van der Waals surface area contributed by atoms with Crippen molar-refractivity contribution in [1.29, 1.82) is 0 Å². The summed E-state index contributed by atoms with van der Waals surface area (Å²) in [6, 6.07) is 11.0. The molecule has 1 saturated heterocycles. The van der Waals surface area contributed by atoms with Gasteiger partial charge in [0.1, 0.15) is 0 Å². The highest BCUT2D eigenvalue weighted by molar-refractivity contribution is 7.83. The summed E-state index contributed by atoms with van der Waals surface area (Å²) in [6.45, 7) is 0. The van der Waals surface area contributed by atoms with E-state index < -0.39 is 0 Å². The zero-order chi connectivity index (χ0) is 11.5. The van der Waals surface area contributed by atoms with Crippen LogP contribution in [0.4, 0.5) is 0 Å². The summed E-state index contributed by atoms with van der Waals surface area (Å²) in [5.41, 5.74) is 0. The summed E-state index contributed by atoms with van der Waals surface area (Å²) in [6.07, 6.45) is 13.2. The van der Waals surface area contributed by atoms with Gasteiger partial charge in [0.15, 0.2) is 0 Å². The van der Waals surface area contributed by atoms with Crippen LogP contribution in [0.5, 0.6) is 0 Å². The molecule has 1 aliphatic heterocycles. The molecule has 88 valence electrons. The van der Waals surface area contributed by atoms with Crippen molar-refractivity contribution in [3.63, 3.8) is 0 Å². The monoisotopic (exact) mass is 242 g/mol. The van der Waals surface area contributed by atoms with Crippen molar-refractivity contribution in [2.45, 2.75) is 38.5 Å². The van der Waals surface area contributed by atoms with E-state index in [0.717, 1.165) is 0 Å². The second kappa shape index (κ2) is 5.19. The molecule has 1 aliphatic carbocycles. The van der Waals surface area contributed by atoms with Gasteiger partial charge in [-0.3, -0.25) is 0 Å². The van der Waals surface area contributed by atoms with E-state index in [0.29, 0.717) is 0 Å². The highest BCUT2D eigenvalue weighted by atomic mass is 31.1. The molecule has 1 heterocycles. The first-order valence-corrected chi connectivity index (χ1v) is 8.07. The third-order valence-corrected chi connectivity index (χ3v) is 5.94. The number of fused-ring (bicyclic) bond motifs is 1. The van der Waals surface area contributed by atoms with Crippen LogP contribution in [0.2, 0.25) is 0 Å². The van der Waals surface area contributed by atoms with Gasteiger partial charge in [0.2, 0.25) is 0 Å². The van der Waals surface area contributed by atoms with E-state index in [1.165, 1.54) is 38.5 Å². The molecule has 1 fully saturated rings. The van der Waals surface area contributed by atoms with Gasteiger partial charge in [-0.2, -0.15) is 0 Å². The van der Waals surface area contributed by atoms with Gasteiger partial charge in [0, 0.05) is 0 Å². The normalized spacial score (nSPS) is 24.4. The SMILES string of the molecule is C1=C2C(=CCCCCCC1)P2c1ccccc1. The Bertz CT molecular complexity index is 418. The second-order valence-electron chi connectivity index (χ2n) is 4.84. The molecule has 0 N–H and O–H groups in total. The zero-order valence-electron chi connectivity index (χ0n) is 10.2. The number of rotatable bonds is 1. The average molecular weight is 242 g/mol. The Morgan fingerprint density at radius 2 is 1.29 bits per heavy atom. The van der Waals surface area contributed by atoms with Crippen LogP contribution in [0.3, 0.4) is 0 Å². The Morgan fingerprint density at radius 1 is 0.706 bits per heavy atom. The van der Waals surface area contributed by atoms with Crippen LogP contribution in [-0.4, -0.2) is 0 Å². The molecular weight excluding hydrogens is 223 g/mol. The molecule has 0 amide bonds. The van der Waals surface area contributed by atoms with Crippen molar-refractivity contribution in [3.05, 3.63) is 53.1 Å². The lowest BCUT2D eigenvalue weighted by Crippen LogP contribution is -1.89. The fourth-order valence-corrected chi connectivity index (χ4v) is 4.92. The van der Waals surface area contributed by atoms with Gasteiger partial charge in [-0.1, -0.05) is 55.3 Å². The standard InChI is InChI=1S/C16H19P/c1-2-4-9-13-16-15(12-8-3-1)17(16)14-10-6-5-7-11-14/h5-7,10-13H,1-4,8-9H2. The van der Waals surface area contributed by atoms with E-state index in [2.05, 4.69) is 42.5 Å². The maximum absolute atomic E-state index is 2.51. The fraction of sp³-hybridized carbons (Fsp3) is 0.375. The minimum absolute atomic E-state index is 0.0456. The van der Waals surface area contributed by atoms with Crippen LogP contribution in [0, 0.1) is 0 Å². The molecule has 1 aromatic carbocycles. The molecule has 0 atom stereocenters. The largest absolute Gasteiger partial charge is 0.0755 e. The predicted octanol–water partition coefficient (Wildman–Crippen LogP) is 4.93. The molecule has 0 unspecified atom stereocenters. The zero-order valence-corrected chi connectivity index (χ0v) is 11.1. The molecule has 0 aromatic heterocycles. The van der Waals surface area contributed by atoms with E-state index >= 15 is 0 Å². The van der Waals surface area contributed by atoms with Crippen molar-refractivity contribution in [1.82, 2.24) is 0 Å². The quantitative estimate of drug-likeness (QED) is 0.612. The van der Waals surface area contributed by atoms with E-state index in [4.69, 9.17) is 0 Å². The van der Waals surface area contributed by atoms with Gasteiger partial charge in [-0.15, -0.1) is 0 Å². The van der Waals surface area contributed by atoms with Crippen molar-refractivity contribution >= 4 is 13.2 Å². The van der Waals surface area contributed by atoms with Crippen molar-refractivity contribution < 1.29 is 0 Å². The molecule has 1 heteroatoms. The van der Waals surface area contributed by atoms with E-state index in [1.807, 2.05) is 0 Å². The first-order valence-electron chi connectivity index (χ1n) is 6.73. The highest BCUT2D eigenvalue weighted by Crippen LogP contribution is 2.73. The van der Waals surface area contributed by atoms with Crippen LogP contribution < -0.4 is 5.30 Å². The molecule has 17 heavy (non-hydrogen) atoms. The number of hydrogen-bond donors (Lipinski definition) is 0. The summed E-state index contributed by atoms with van der Waals surface area (Å²) >= 11 is 0. The van der Waals surface area contributed by atoms with Gasteiger partial charge >= 0.3 is 0 Å². The van der Waals surface area contributed by atoms with Crippen LogP contribution >= 0.6 is 7.92 Å². The number of benzene rings is 1. The Hall–Kier alpha value is -0.870. The molecule has 0 saturated carbocycles. The molecule has 1 aromatic rings. The summed E-state index contributed by atoms with van der Waals surface area (Å²) in [5.74, 6) is 0. The van der Waals surface area contributed by atoms with Crippen LogP contribution in [0.1, 0.15) is 38.5 Å². The Kier molecular flexibility index (Phi) is 3.43. The molecule has 0 bridgehead atoms. The number of allylic oxidation sites excluding steroid dienone is 4. The van der Waals surface area contributed by atoms with Gasteiger partial charge in [-0.25, -0.2) is 0 Å². The molecule has 0 nitrogen and oxygen atoms in total. The lowest BCUT2D eigenvalue weighted by Gasteiger charge is -1.97. The maximum Gasteiger partial charge on any atom is -0.0111 e. The smallest absolute Gasteiger partial charge is 0.0111 e. The first-order chi connectivity index (χ1) is 8.47. The molecule has 2 aliphatic rings. The Balaban J connectivity index is 1.84. The highest BCUT2D eigenvalue weighted by Gasteiger charge is 2.37. The second-order valence-corrected chi connectivity index (χ2v) is 6.99. The van der Waals surface area contributed by atoms with Crippen LogP contribution in [-0.2, 0) is 0 Å². The Morgan fingerprint density at radius 3 is 1.88 bits per heavy atom. The lowest BCUT2D eigenvalue weighted by atomic mass is 10.1. The fourth-order valence-electron chi connectivity index (χ4n) is 2.56. The molecular formula is C16H19P. The van der Waals surface area contributed by atoms with Crippen molar-refractivity contribution in [2.24, 2.45) is 0 Å². The predicted molar refractivity (Wildman–Crippen MR) is 76.9 cm³/mol. The molecule has 3 rings (SSSR count). The third kappa shape index (κ3) is 2.53. The van der Waals surface area contributed by atoms with E-state index in [9.17, 15) is 0 Å². The van der Waals surface area contributed by atoms with E-state index in [-0.39, 0.29) is 7.92 Å². The summed E-state index contributed by atoms with van der Waals surface area (Å²) in [4.78, 5) is 0. The summed E-state index contributed by atoms with van der Waals surface area (Å²) < 4.78 is 0. The molecule has 0 radical (unpaired) electrons. The van der Waals surface area contributed by atoms with Crippen molar-refractivity contribution in [3.8, 4) is 0 Å². The van der Waals surface area contributed by atoms with Gasteiger partial charge in [0.25, 0.3) is 0 Å².